The number of piperidine rings is 1. The summed E-state index contributed by atoms with van der Waals surface area (Å²) in [5.74, 6) is 0.560. The van der Waals surface area contributed by atoms with E-state index in [1.807, 2.05) is 41.3 Å². The Morgan fingerprint density at radius 1 is 1.06 bits per heavy atom. The number of para-hydroxylation sites is 1. The molecule has 3 aromatic rings. The van der Waals surface area contributed by atoms with Gasteiger partial charge in [0.1, 0.15) is 0 Å². The van der Waals surface area contributed by atoms with Crippen molar-refractivity contribution in [3.8, 4) is 0 Å². The van der Waals surface area contributed by atoms with Crippen LogP contribution in [0.15, 0.2) is 54.7 Å². The van der Waals surface area contributed by atoms with Crippen molar-refractivity contribution >= 4 is 28.3 Å². The number of likely N-dealkylation sites (tertiary alicyclic amines) is 1. The number of urea groups is 1. The van der Waals surface area contributed by atoms with Crippen molar-refractivity contribution in [2.45, 2.75) is 58.5 Å². The van der Waals surface area contributed by atoms with Crippen LogP contribution in [0.4, 0.5) is 16.2 Å². The zero-order valence-corrected chi connectivity index (χ0v) is 19.1. The Morgan fingerprint density at radius 2 is 1.77 bits per heavy atom. The van der Waals surface area contributed by atoms with Crippen molar-refractivity contribution in [1.29, 1.82) is 0 Å². The highest BCUT2D eigenvalue weighted by Crippen LogP contribution is 2.35. The maximum Gasteiger partial charge on any atom is 0.326 e. The number of nitrogens with zero attached hydrogens (tertiary/aromatic N) is 2. The first-order valence-corrected chi connectivity index (χ1v) is 11.4. The van der Waals surface area contributed by atoms with Gasteiger partial charge in [-0.1, -0.05) is 18.2 Å². The number of amides is 2. The molecule has 0 bridgehead atoms. The Morgan fingerprint density at radius 3 is 2.42 bits per heavy atom. The van der Waals surface area contributed by atoms with Crippen LogP contribution in [0, 0.1) is 0 Å². The van der Waals surface area contributed by atoms with Gasteiger partial charge in [0.05, 0.1) is 0 Å². The maximum atomic E-state index is 13.1. The lowest BCUT2D eigenvalue weighted by molar-refractivity contribution is 0.172. The molecule has 0 saturated carbocycles. The van der Waals surface area contributed by atoms with E-state index in [1.54, 1.807) is 0 Å². The molecule has 2 N–H and O–H groups in total. The van der Waals surface area contributed by atoms with Crippen LogP contribution < -0.4 is 10.2 Å². The third-order valence-electron chi connectivity index (χ3n) is 6.44. The third kappa shape index (κ3) is 4.62. The molecule has 31 heavy (non-hydrogen) atoms. The van der Waals surface area contributed by atoms with Crippen molar-refractivity contribution < 1.29 is 4.79 Å². The second-order valence-corrected chi connectivity index (χ2v) is 9.14. The number of fused-ring (bicyclic) bond motifs is 1. The smallest absolute Gasteiger partial charge is 0.326 e. The second kappa shape index (κ2) is 9.15. The van der Waals surface area contributed by atoms with Crippen molar-refractivity contribution in [2.75, 3.05) is 23.3 Å². The number of hydrogen-bond acceptors (Lipinski definition) is 2. The molecule has 2 aromatic carbocycles. The molecule has 0 aliphatic carbocycles. The molecular weight excluding hydrogens is 384 g/mol. The quantitative estimate of drug-likeness (QED) is 0.518. The van der Waals surface area contributed by atoms with Gasteiger partial charge in [0.15, 0.2) is 0 Å². The number of H-pyrrole nitrogens is 1. The van der Waals surface area contributed by atoms with Crippen molar-refractivity contribution in [3.05, 3.63) is 60.3 Å². The summed E-state index contributed by atoms with van der Waals surface area (Å²) >= 11 is 0. The Hall–Kier alpha value is -2.79. The number of aromatic amines is 1. The molecule has 4 rings (SSSR count). The minimum Gasteiger partial charge on any atom is -0.361 e. The molecule has 2 amide bonds. The zero-order chi connectivity index (χ0) is 22.0. The molecule has 1 fully saturated rings. The fraction of sp³-hybridized carbons (Fsp3) is 0.423. The highest BCUT2D eigenvalue weighted by Gasteiger charge is 2.25. The molecule has 5 heteroatoms. The van der Waals surface area contributed by atoms with Gasteiger partial charge in [-0.25, -0.2) is 4.79 Å². The highest BCUT2D eigenvalue weighted by molar-refractivity contribution is 6.03. The molecule has 2 heterocycles. The van der Waals surface area contributed by atoms with E-state index < -0.39 is 0 Å². The number of carbonyl (C=O) groups excluding carboxylic acids is 1. The predicted octanol–water partition coefficient (Wildman–Crippen LogP) is 6.20. The van der Waals surface area contributed by atoms with E-state index in [4.69, 9.17) is 0 Å². The van der Waals surface area contributed by atoms with Gasteiger partial charge in [-0.05, 0) is 95.4 Å². The summed E-state index contributed by atoms with van der Waals surface area (Å²) < 4.78 is 0. The lowest BCUT2D eigenvalue weighted by Gasteiger charge is -2.34. The first-order chi connectivity index (χ1) is 14.9. The molecular formula is C26H34N4O. The highest BCUT2D eigenvalue weighted by atomic mass is 16.2. The number of carbonyl (C=O) groups is 1. The minimum atomic E-state index is -0.108. The largest absolute Gasteiger partial charge is 0.361 e. The third-order valence-corrected chi connectivity index (χ3v) is 6.44. The van der Waals surface area contributed by atoms with Gasteiger partial charge in [0, 0.05) is 40.6 Å². The van der Waals surface area contributed by atoms with Gasteiger partial charge < -0.3 is 15.2 Å². The van der Waals surface area contributed by atoms with Gasteiger partial charge in [0.25, 0.3) is 0 Å². The van der Waals surface area contributed by atoms with E-state index >= 15 is 0 Å². The van der Waals surface area contributed by atoms with Crippen LogP contribution in [-0.2, 0) is 0 Å². The average Bonchev–Trinajstić information content (AvgIpc) is 3.17. The maximum absolute atomic E-state index is 13.1. The van der Waals surface area contributed by atoms with Gasteiger partial charge in [-0.2, -0.15) is 0 Å². The molecule has 0 atom stereocenters. The fourth-order valence-corrected chi connectivity index (χ4v) is 4.70. The number of aromatic nitrogens is 1. The second-order valence-electron chi connectivity index (χ2n) is 9.14. The van der Waals surface area contributed by atoms with E-state index in [0.717, 1.165) is 30.0 Å². The van der Waals surface area contributed by atoms with Crippen LogP contribution in [0.2, 0.25) is 0 Å². The lowest BCUT2D eigenvalue weighted by atomic mass is 9.88. The van der Waals surface area contributed by atoms with Crippen LogP contribution in [-0.4, -0.2) is 41.1 Å². The fourth-order valence-electron chi connectivity index (χ4n) is 4.70. The molecule has 1 aromatic heterocycles. The SMILES string of the molecule is CC(C)N1CCC(c2c[nH]c3ccc(N(C(=O)Nc4ccccc4)C(C)C)cc23)CC1. The first kappa shape index (κ1) is 21.4. The van der Waals surface area contributed by atoms with Crippen molar-refractivity contribution in [2.24, 2.45) is 0 Å². The summed E-state index contributed by atoms with van der Waals surface area (Å²) in [5, 5.41) is 4.27. The standard InChI is InChI=1S/C26H34N4O/c1-18(2)29-14-12-20(13-15-29)24-17-27-25-11-10-22(16-23(24)25)30(19(3)4)26(31)28-21-8-6-5-7-9-21/h5-11,16-20,27H,12-15H2,1-4H3,(H,28,31). The summed E-state index contributed by atoms with van der Waals surface area (Å²) in [6, 6.07) is 16.5. The summed E-state index contributed by atoms with van der Waals surface area (Å²) in [7, 11) is 0. The lowest BCUT2D eigenvalue weighted by Crippen LogP contribution is -2.40. The topological polar surface area (TPSA) is 51.4 Å². The molecule has 1 aliphatic rings. The van der Waals surface area contributed by atoms with Crippen LogP contribution in [0.25, 0.3) is 10.9 Å². The normalized spacial score (nSPS) is 15.7. The van der Waals surface area contributed by atoms with Crippen molar-refractivity contribution in [1.82, 2.24) is 9.88 Å². The first-order valence-electron chi connectivity index (χ1n) is 11.4. The molecule has 0 radical (unpaired) electrons. The van der Waals surface area contributed by atoms with E-state index in [9.17, 15) is 4.79 Å². The van der Waals surface area contributed by atoms with Gasteiger partial charge in [-0.3, -0.25) is 4.90 Å². The molecule has 164 valence electrons. The number of hydrogen-bond donors (Lipinski definition) is 2. The summed E-state index contributed by atoms with van der Waals surface area (Å²) in [6.45, 7) is 10.9. The Bertz CT molecular complexity index is 1020. The number of nitrogens with one attached hydrogen (secondary N) is 2. The Balaban J connectivity index is 1.60. The van der Waals surface area contributed by atoms with E-state index in [-0.39, 0.29) is 12.1 Å². The van der Waals surface area contributed by atoms with Crippen molar-refractivity contribution in [3.63, 3.8) is 0 Å². The molecule has 0 spiro atoms. The number of benzene rings is 2. The van der Waals surface area contributed by atoms with Crippen LogP contribution in [0.3, 0.4) is 0 Å². The zero-order valence-electron chi connectivity index (χ0n) is 19.1. The Kier molecular flexibility index (Phi) is 6.33. The van der Waals surface area contributed by atoms with E-state index in [1.165, 1.54) is 23.8 Å². The summed E-state index contributed by atoms with van der Waals surface area (Å²) in [6.07, 6.45) is 4.53. The van der Waals surface area contributed by atoms with E-state index in [0.29, 0.717) is 12.0 Å². The average molecular weight is 419 g/mol. The molecule has 0 unspecified atom stereocenters. The van der Waals surface area contributed by atoms with Gasteiger partial charge in [0.2, 0.25) is 0 Å². The minimum absolute atomic E-state index is 0.0397. The molecule has 1 aliphatic heterocycles. The van der Waals surface area contributed by atoms with E-state index in [2.05, 4.69) is 61.2 Å². The van der Waals surface area contributed by atoms with Gasteiger partial charge in [-0.15, -0.1) is 0 Å². The summed E-state index contributed by atoms with van der Waals surface area (Å²) in [4.78, 5) is 21.0. The molecule has 1 saturated heterocycles. The number of anilines is 2. The molecule has 5 nitrogen and oxygen atoms in total. The summed E-state index contributed by atoms with van der Waals surface area (Å²) in [5.41, 5.74) is 4.25. The van der Waals surface area contributed by atoms with Gasteiger partial charge >= 0.3 is 6.03 Å². The number of rotatable bonds is 5. The van der Waals surface area contributed by atoms with Crippen LogP contribution >= 0.6 is 0 Å². The van der Waals surface area contributed by atoms with Crippen LogP contribution in [0.5, 0.6) is 0 Å². The monoisotopic (exact) mass is 418 g/mol. The predicted molar refractivity (Wildman–Crippen MR) is 130 cm³/mol. The Labute approximate surface area is 185 Å². The van der Waals surface area contributed by atoms with Crippen LogP contribution in [0.1, 0.15) is 52.0 Å².